The van der Waals surface area contributed by atoms with Crippen molar-refractivity contribution in [2.45, 2.75) is 76.7 Å². The number of ether oxygens (including phenoxy) is 7. The molecule has 74 heavy (non-hydrogen) atoms. The normalized spacial score (nSPS) is 18.5. The summed E-state index contributed by atoms with van der Waals surface area (Å²) in [5, 5.41) is 9.00. The van der Waals surface area contributed by atoms with E-state index in [9.17, 15) is 79.0 Å². The van der Waals surface area contributed by atoms with Crippen molar-refractivity contribution < 1.29 is 148 Å². The third-order valence-electron chi connectivity index (χ3n) is 9.73. The summed E-state index contributed by atoms with van der Waals surface area (Å²) in [6, 6.07) is 3.18. The molecule has 0 amide bonds. The molecule has 4 aromatic carbocycles. The predicted molar refractivity (Wildman–Crippen MR) is 220 cm³/mol. The maximum Gasteiger partial charge on any atom is 1.00 e. The average molecular weight is 1120 g/mol. The Labute approximate surface area is 437 Å². The van der Waals surface area contributed by atoms with Crippen molar-refractivity contribution in [3.63, 3.8) is 0 Å². The molecule has 2 aliphatic heterocycles. The Kier molecular flexibility index (Phi) is 23.7. The van der Waals surface area contributed by atoms with Gasteiger partial charge >= 0.3 is 54.1 Å². The van der Waals surface area contributed by atoms with Crippen LogP contribution < -0.4 is 43.8 Å². The average Bonchev–Trinajstić information content (AvgIpc) is 3.26. The van der Waals surface area contributed by atoms with Gasteiger partial charge in [-0.1, -0.05) is 38.3 Å². The first-order chi connectivity index (χ1) is 34.0. The maximum atomic E-state index is 14.6. The van der Waals surface area contributed by atoms with E-state index in [1.54, 1.807) is 0 Å². The Morgan fingerprint density at radius 1 is 0.541 bits per heavy atom. The fourth-order valence-corrected chi connectivity index (χ4v) is 6.74. The standard InChI is InChI=1S/C23H19F9O4.C20H18F6O4.C3H2ClF3.Na.H/c1-2-3-12-10-34-21(35-11-12)13-6-15(24)19(16(25)7-13)23(31,32)36-14-8-17(26)20(18(27)9-14)33-5-4-22(28,29)30;1-2-3-10-8-28-19(29-9-10)11-4-13(21)17(14(22)5-11)20(25,26)30-12-6-15(23)18(27)16(24)7-12;4-2-1-3(5,6)7;;/h4-9,12,21H,2-3,10-11H2,1H3;4-7,10,19,27H,2-3,8-9H2,1H3;1-2H;;/q;;;+1;-1/b5-4+;;2-1+;;. The van der Waals surface area contributed by atoms with Crippen LogP contribution >= 0.6 is 11.6 Å². The number of hydrogen-bond donors (Lipinski definition) is 1. The third kappa shape index (κ3) is 18.6. The minimum atomic E-state index is -4.84. The number of hydrogen-bond acceptors (Lipinski definition) is 8. The number of aromatic hydroxyl groups is 1. The van der Waals surface area contributed by atoms with Gasteiger partial charge in [0.25, 0.3) is 0 Å². The second-order valence-corrected chi connectivity index (χ2v) is 15.8. The van der Waals surface area contributed by atoms with Crippen molar-refractivity contribution in [3.05, 3.63) is 141 Å². The number of allylic oxidation sites excluding steroid dienone is 2. The van der Waals surface area contributed by atoms with E-state index in [0.717, 1.165) is 25.7 Å². The van der Waals surface area contributed by atoms with Gasteiger partial charge in [-0.25, -0.2) is 35.1 Å². The largest absolute Gasteiger partial charge is 1.00 e. The van der Waals surface area contributed by atoms with Crippen LogP contribution in [-0.4, -0.2) is 43.9 Å². The zero-order valence-electron chi connectivity index (χ0n) is 39.4. The second-order valence-electron chi connectivity index (χ2n) is 15.5. The quantitative estimate of drug-likeness (QED) is 0.0759. The van der Waals surface area contributed by atoms with Crippen molar-refractivity contribution in [2.24, 2.45) is 11.8 Å². The van der Waals surface area contributed by atoms with Gasteiger partial charge in [0.1, 0.15) is 45.9 Å². The molecule has 0 radical (unpaired) electrons. The first kappa shape index (κ1) is 63.7. The fourth-order valence-electron chi connectivity index (χ4n) is 6.59. The van der Waals surface area contributed by atoms with Gasteiger partial charge in [-0.15, -0.1) is 0 Å². The Bertz CT molecular complexity index is 2450. The molecule has 6 rings (SSSR count). The molecular formula is C46H40ClF18NaO8. The van der Waals surface area contributed by atoms with E-state index in [4.69, 9.17) is 24.1 Å². The summed E-state index contributed by atoms with van der Waals surface area (Å²) in [6.07, 6.45) is -17.9. The van der Waals surface area contributed by atoms with Crippen molar-refractivity contribution >= 4 is 11.6 Å². The molecule has 28 heteroatoms. The van der Waals surface area contributed by atoms with Crippen LogP contribution in [0, 0.1) is 58.4 Å². The maximum absolute atomic E-state index is 14.6. The molecule has 8 nitrogen and oxygen atoms in total. The van der Waals surface area contributed by atoms with Crippen LogP contribution in [0.4, 0.5) is 79.0 Å². The SMILES string of the molecule is CCCC1COC(c2cc(F)c(C(F)(F)Oc3cc(F)c(O)c(F)c3)c(F)c2)OC1.CCCC1COC(c2cc(F)c(C(F)(F)Oc3cc(F)c(O/C=C/C(F)(F)F)c(F)c3)c(F)c2)OC1.FC(F)(F)/C=C/Cl.[H-].[Na+]. The van der Waals surface area contributed by atoms with E-state index in [0.29, 0.717) is 43.0 Å². The van der Waals surface area contributed by atoms with E-state index in [2.05, 4.69) is 25.8 Å². The van der Waals surface area contributed by atoms with Gasteiger partial charge in [0, 0.05) is 58.8 Å². The van der Waals surface area contributed by atoms with Crippen LogP contribution in [0.25, 0.3) is 0 Å². The molecule has 0 bridgehead atoms. The van der Waals surface area contributed by atoms with Crippen LogP contribution in [-0.2, 0) is 31.2 Å². The molecule has 0 saturated carbocycles. The summed E-state index contributed by atoms with van der Waals surface area (Å²) in [5.74, 6) is -18.2. The summed E-state index contributed by atoms with van der Waals surface area (Å²) in [7, 11) is 0. The molecular weight excluding hydrogens is 1080 g/mol. The summed E-state index contributed by atoms with van der Waals surface area (Å²) in [6.45, 7) is 5.01. The number of phenols is 1. The number of alkyl halides is 10. The van der Waals surface area contributed by atoms with E-state index < -0.39 is 124 Å². The second kappa shape index (κ2) is 27.5. The number of halogens is 19. The summed E-state index contributed by atoms with van der Waals surface area (Å²) in [5.41, 5.74) is -3.51. The Morgan fingerprint density at radius 3 is 1.15 bits per heavy atom. The molecule has 2 saturated heterocycles. The van der Waals surface area contributed by atoms with Gasteiger partial charge in [0.2, 0.25) is 0 Å². The molecule has 0 atom stereocenters. The summed E-state index contributed by atoms with van der Waals surface area (Å²) >= 11 is 4.59. The van der Waals surface area contributed by atoms with Gasteiger partial charge in [-0.05, 0) is 37.1 Å². The van der Waals surface area contributed by atoms with E-state index in [1.165, 1.54) is 0 Å². The minimum Gasteiger partial charge on any atom is -1.00 e. The Balaban J connectivity index is 0.000000449. The molecule has 0 aliphatic carbocycles. The van der Waals surface area contributed by atoms with E-state index >= 15 is 0 Å². The third-order valence-corrected chi connectivity index (χ3v) is 9.86. The zero-order valence-corrected chi connectivity index (χ0v) is 41.1. The van der Waals surface area contributed by atoms with E-state index in [-0.39, 0.29) is 104 Å². The first-order valence-corrected chi connectivity index (χ1v) is 21.4. The van der Waals surface area contributed by atoms with Gasteiger partial charge in [-0.3, -0.25) is 0 Å². The topological polar surface area (TPSA) is 84.8 Å². The molecule has 1 N–H and O–H groups in total. The van der Waals surface area contributed by atoms with Crippen molar-refractivity contribution in [1.29, 1.82) is 0 Å². The molecule has 2 aliphatic rings. The van der Waals surface area contributed by atoms with Crippen LogP contribution in [0.3, 0.4) is 0 Å². The number of phenolic OH excluding ortho intramolecular Hbond substituents is 1. The van der Waals surface area contributed by atoms with Crippen molar-refractivity contribution in [2.75, 3.05) is 26.4 Å². The van der Waals surface area contributed by atoms with Gasteiger partial charge in [0.05, 0.1) is 38.8 Å². The zero-order chi connectivity index (χ0) is 54.6. The summed E-state index contributed by atoms with van der Waals surface area (Å²) < 4.78 is 273. The fraction of sp³-hybridized carbons (Fsp3) is 0.391. The van der Waals surface area contributed by atoms with Gasteiger partial charge in [0.15, 0.2) is 47.3 Å². The van der Waals surface area contributed by atoms with Gasteiger partial charge < -0.3 is 39.7 Å². The molecule has 4 aromatic rings. The van der Waals surface area contributed by atoms with Crippen molar-refractivity contribution in [3.8, 4) is 23.0 Å². The molecule has 2 heterocycles. The molecule has 0 unspecified atom stereocenters. The molecule has 0 spiro atoms. The molecule has 2 fully saturated rings. The van der Waals surface area contributed by atoms with E-state index in [1.807, 2.05) is 13.8 Å². The smallest absolute Gasteiger partial charge is 1.00 e. The monoisotopic (exact) mass is 1120 g/mol. The van der Waals surface area contributed by atoms with Crippen LogP contribution in [0.15, 0.2) is 72.5 Å². The predicted octanol–water partition coefficient (Wildman–Crippen LogP) is 12.2. The Morgan fingerprint density at radius 2 is 0.865 bits per heavy atom. The number of rotatable bonds is 14. The molecule has 406 valence electrons. The first-order valence-electron chi connectivity index (χ1n) is 21.0. The summed E-state index contributed by atoms with van der Waals surface area (Å²) in [4.78, 5) is 0. The van der Waals surface area contributed by atoms with Crippen LogP contribution in [0.2, 0.25) is 0 Å². The minimum absolute atomic E-state index is 0. The van der Waals surface area contributed by atoms with Crippen LogP contribution in [0.5, 0.6) is 23.0 Å². The molecule has 0 aromatic heterocycles. The van der Waals surface area contributed by atoms with Crippen LogP contribution in [0.1, 0.15) is 75.8 Å². The van der Waals surface area contributed by atoms with Crippen molar-refractivity contribution in [1.82, 2.24) is 0 Å². The van der Waals surface area contributed by atoms with Gasteiger partial charge in [-0.2, -0.15) is 43.9 Å². The Hall–Kier alpha value is -4.57. The number of benzene rings is 4.